The standard InChI is InChI=1S/C22H25N5O3/c1-26-14-17(21(23)28)19(25-26)16-9-5-11-27(13-16)22(29)24-20(18-10-6-12-30-18)15-7-3-2-4-8-15/h2-4,6-8,10,12,14,16,20H,5,9,11,13H2,1H3,(H2,23,28)(H,24,29). The molecular weight excluding hydrogens is 382 g/mol. The number of primary amides is 1. The number of nitrogens with two attached hydrogens (primary N) is 1. The van der Waals surface area contributed by atoms with Gasteiger partial charge in [0.25, 0.3) is 5.91 Å². The molecule has 8 heteroatoms. The first kappa shape index (κ1) is 19.8. The molecule has 0 spiro atoms. The Bertz CT molecular complexity index is 1010. The molecule has 0 aliphatic carbocycles. The highest BCUT2D eigenvalue weighted by atomic mass is 16.3. The SMILES string of the molecule is Cn1cc(C(N)=O)c(C2CCCN(C(=O)NC(c3ccccc3)c3ccco3)C2)n1. The van der Waals surface area contributed by atoms with Crippen molar-refractivity contribution < 1.29 is 14.0 Å². The fourth-order valence-electron chi connectivity index (χ4n) is 4.02. The highest BCUT2D eigenvalue weighted by Gasteiger charge is 2.31. The average Bonchev–Trinajstić information content (AvgIpc) is 3.42. The molecule has 4 rings (SSSR count). The minimum Gasteiger partial charge on any atom is -0.467 e. The molecule has 3 heterocycles. The molecule has 156 valence electrons. The van der Waals surface area contributed by atoms with E-state index in [1.54, 1.807) is 35.2 Å². The largest absolute Gasteiger partial charge is 0.467 e. The van der Waals surface area contributed by atoms with Gasteiger partial charge in [0, 0.05) is 32.3 Å². The van der Waals surface area contributed by atoms with Crippen LogP contribution in [0.3, 0.4) is 0 Å². The number of nitrogens with one attached hydrogen (secondary N) is 1. The van der Waals surface area contributed by atoms with Gasteiger partial charge in [-0.25, -0.2) is 4.79 Å². The average molecular weight is 407 g/mol. The molecule has 0 bridgehead atoms. The van der Waals surface area contributed by atoms with Gasteiger partial charge in [-0.15, -0.1) is 0 Å². The number of furan rings is 1. The molecule has 1 aromatic carbocycles. The topological polar surface area (TPSA) is 106 Å². The van der Waals surface area contributed by atoms with Crippen LogP contribution in [0.5, 0.6) is 0 Å². The van der Waals surface area contributed by atoms with Gasteiger partial charge in [0.1, 0.15) is 11.8 Å². The number of amides is 3. The fourth-order valence-corrected chi connectivity index (χ4v) is 4.02. The Morgan fingerprint density at radius 1 is 1.23 bits per heavy atom. The van der Waals surface area contributed by atoms with E-state index < -0.39 is 5.91 Å². The normalized spacial score (nSPS) is 17.5. The van der Waals surface area contributed by atoms with Crippen LogP contribution in [-0.2, 0) is 7.05 Å². The first-order valence-corrected chi connectivity index (χ1v) is 10.00. The lowest BCUT2D eigenvalue weighted by Gasteiger charge is -2.33. The smallest absolute Gasteiger partial charge is 0.318 e. The van der Waals surface area contributed by atoms with Crippen LogP contribution in [0.25, 0.3) is 0 Å². The number of benzene rings is 1. The third kappa shape index (κ3) is 4.07. The number of piperidine rings is 1. The van der Waals surface area contributed by atoms with Crippen LogP contribution >= 0.6 is 0 Å². The van der Waals surface area contributed by atoms with E-state index in [-0.39, 0.29) is 18.0 Å². The zero-order chi connectivity index (χ0) is 21.1. The van der Waals surface area contributed by atoms with Crippen molar-refractivity contribution in [2.24, 2.45) is 12.8 Å². The summed E-state index contributed by atoms with van der Waals surface area (Å²) < 4.78 is 7.17. The van der Waals surface area contributed by atoms with Gasteiger partial charge < -0.3 is 20.4 Å². The van der Waals surface area contributed by atoms with E-state index in [2.05, 4.69) is 10.4 Å². The summed E-state index contributed by atoms with van der Waals surface area (Å²) in [6.07, 6.45) is 4.91. The van der Waals surface area contributed by atoms with Crippen molar-refractivity contribution in [2.75, 3.05) is 13.1 Å². The Kier molecular flexibility index (Phi) is 5.56. The summed E-state index contributed by atoms with van der Waals surface area (Å²) in [5, 5.41) is 7.54. The molecule has 30 heavy (non-hydrogen) atoms. The van der Waals surface area contributed by atoms with Crippen molar-refractivity contribution in [2.45, 2.75) is 24.8 Å². The molecule has 1 fully saturated rings. The van der Waals surface area contributed by atoms with Gasteiger partial charge in [-0.05, 0) is 30.5 Å². The summed E-state index contributed by atoms with van der Waals surface area (Å²) in [4.78, 5) is 26.7. The van der Waals surface area contributed by atoms with Gasteiger partial charge in [-0.3, -0.25) is 9.48 Å². The first-order chi connectivity index (χ1) is 14.5. The molecular formula is C22H25N5O3. The number of carbonyl (C=O) groups is 2. The summed E-state index contributed by atoms with van der Waals surface area (Å²) in [6.45, 7) is 1.11. The number of aromatic nitrogens is 2. The van der Waals surface area contributed by atoms with E-state index in [1.807, 2.05) is 36.4 Å². The Hall–Kier alpha value is -3.55. The maximum Gasteiger partial charge on any atom is 0.318 e. The van der Waals surface area contributed by atoms with Crippen molar-refractivity contribution in [1.82, 2.24) is 20.0 Å². The van der Waals surface area contributed by atoms with E-state index >= 15 is 0 Å². The summed E-state index contributed by atoms with van der Waals surface area (Å²) in [5.74, 6) is 0.137. The number of nitrogens with zero attached hydrogens (tertiary/aromatic N) is 3. The monoisotopic (exact) mass is 407 g/mol. The Morgan fingerprint density at radius 3 is 2.73 bits per heavy atom. The third-order valence-electron chi connectivity index (χ3n) is 5.45. The Morgan fingerprint density at radius 2 is 2.03 bits per heavy atom. The van der Waals surface area contributed by atoms with Gasteiger partial charge in [0.15, 0.2) is 0 Å². The predicted molar refractivity (Wildman–Crippen MR) is 111 cm³/mol. The predicted octanol–water partition coefficient (Wildman–Crippen LogP) is 2.79. The maximum absolute atomic E-state index is 13.1. The molecule has 0 radical (unpaired) electrons. The van der Waals surface area contributed by atoms with Crippen molar-refractivity contribution in [1.29, 1.82) is 0 Å². The van der Waals surface area contributed by atoms with Crippen LogP contribution in [0, 0.1) is 0 Å². The molecule has 3 amide bonds. The minimum absolute atomic E-state index is 0.0352. The summed E-state index contributed by atoms with van der Waals surface area (Å²) in [5.41, 5.74) is 7.54. The zero-order valence-electron chi connectivity index (χ0n) is 16.8. The highest BCUT2D eigenvalue weighted by Crippen LogP contribution is 2.29. The van der Waals surface area contributed by atoms with Gasteiger partial charge in [0.05, 0.1) is 17.5 Å². The molecule has 1 aliphatic rings. The van der Waals surface area contributed by atoms with Gasteiger partial charge in [-0.1, -0.05) is 30.3 Å². The van der Waals surface area contributed by atoms with E-state index in [4.69, 9.17) is 10.2 Å². The first-order valence-electron chi connectivity index (χ1n) is 10.00. The molecule has 2 aromatic heterocycles. The van der Waals surface area contributed by atoms with Crippen LogP contribution in [0.4, 0.5) is 4.79 Å². The lowest BCUT2D eigenvalue weighted by molar-refractivity contribution is 0.0998. The van der Waals surface area contributed by atoms with Gasteiger partial charge in [-0.2, -0.15) is 5.10 Å². The van der Waals surface area contributed by atoms with Gasteiger partial charge >= 0.3 is 6.03 Å². The number of aryl methyl sites for hydroxylation is 1. The number of carbonyl (C=O) groups excluding carboxylic acids is 2. The number of hydrogen-bond donors (Lipinski definition) is 2. The molecule has 8 nitrogen and oxygen atoms in total. The molecule has 0 saturated carbocycles. The number of hydrogen-bond acceptors (Lipinski definition) is 4. The van der Waals surface area contributed by atoms with Crippen LogP contribution in [-0.4, -0.2) is 39.7 Å². The van der Waals surface area contributed by atoms with E-state index in [0.717, 1.165) is 18.4 Å². The summed E-state index contributed by atoms with van der Waals surface area (Å²) >= 11 is 0. The van der Waals surface area contributed by atoms with Gasteiger partial charge in [0.2, 0.25) is 0 Å². The highest BCUT2D eigenvalue weighted by molar-refractivity contribution is 5.93. The molecule has 3 aromatic rings. The van der Waals surface area contributed by atoms with Crippen LogP contribution in [0.2, 0.25) is 0 Å². The van der Waals surface area contributed by atoms with Crippen molar-refractivity contribution in [3.8, 4) is 0 Å². The quantitative estimate of drug-likeness (QED) is 0.678. The van der Waals surface area contributed by atoms with E-state index in [0.29, 0.717) is 30.1 Å². The number of urea groups is 1. The second-order valence-corrected chi connectivity index (χ2v) is 7.56. The summed E-state index contributed by atoms with van der Waals surface area (Å²) in [6, 6.07) is 12.8. The number of likely N-dealkylation sites (tertiary alicyclic amines) is 1. The third-order valence-corrected chi connectivity index (χ3v) is 5.45. The Balaban J connectivity index is 1.52. The minimum atomic E-state index is -0.498. The lowest BCUT2D eigenvalue weighted by Crippen LogP contribution is -2.46. The van der Waals surface area contributed by atoms with E-state index in [1.165, 1.54) is 0 Å². The fraction of sp³-hybridized carbons (Fsp3) is 0.318. The van der Waals surface area contributed by atoms with Crippen molar-refractivity contribution in [3.63, 3.8) is 0 Å². The lowest BCUT2D eigenvalue weighted by atomic mass is 9.92. The Labute approximate surface area is 174 Å². The van der Waals surface area contributed by atoms with Crippen LogP contribution in [0.15, 0.2) is 59.3 Å². The molecule has 2 unspecified atom stereocenters. The molecule has 1 aliphatic heterocycles. The second kappa shape index (κ2) is 8.44. The molecule has 3 N–H and O–H groups in total. The molecule has 1 saturated heterocycles. The number of rotatable bonds is 5. The zero-order valence-corrected chi connectivity index (χ0v) is 16.8. The van der Waals surface area contributed by atoms with Crippen molar-refractivity contribution in [3.05, 3.63) is 77.5 Å². The molecule has 2 atom stereocenters. The van der Waals surface area contributed by atoms with Crippen LogP contribution < -0.4 is 11.1 Å². The maximum atomic E-state index is 13.1. The second-order valence-electron chi connectivity index (χ2n) is 7.56. The van der Waals surface area contributed by atoms with Crippen LogP contribution in [0.1, 0.15) is 52.2 Å². The van der Waals surface area contributed by atoms with Crippen molar-refractivity contribution >= 4 is 11.9 Å². The summed E-state index contributed by atoms with van der Waals surface area (Å²) in [7, 11) is 1.76. The van der Waals surface area contributed by atoms with E-state index in [9.17, 15) is 9.59 Å².